The van der Waals surface area contributed by atoms with Crippen molar-refractivity contribution in [2.24, 2.45) is 5.92 Å². The fraction of sp³-hybridized carbons (Fsp3) is 0.467. The number of carbonyl (C=O) groups is 2. The lowest BCUT2D eigenvalue weighted by Gasteiger charge is -2.20. The van der Waals surface area contributed by atoms with Crippen molar-refractivity contribution in [3.63, 3.8) is 0 Å². The molecule has 0 aliphatic carbocycles. The first-order valence-corrected chi connectivity index (χ1v) is 7.29. The van der Waals surface area contributed by atoms with E-state index in [9.17, 15) is 9.59 Å². The van der Waals surface area contributed by atoms with Gasteiger partial charge in [-0.25, -0.2) is 4.79 Å². The van der Waals surface area contributed by atoms with Crippen molar-refractivity contribution in [3.05, 3.63) is 23.2 Å². The van der Waals surface area contributed by atoms with E-state index in [1.807, 2.05) is 13.8 Å². The summed E-state index contributed by atoms with van der Waals surface area (Å²) in [6.45, 7) is 5.44. The largest absolute Gasteiger partial charge is 0.489 e. The second-order valence-electron chi connectivity index (χ2n) is 5.36. The van der Waals surface area contributed by atoms with Gasteiger partial charge in [-0.3, -0.25) is 4.79 Å². The summed E-state index contributed by atoms with van der Waals surface area (Å²) in [6, 6.07) is 4.54. The lowest BCUT2D eigenvalue weighted by molar-refractivity contribution is -0.141. The molecule has 1 aromatic carbocycles. The Hall–Kier alpha value is -1.95. The fourth-order valence-corrected chi connectivity index (χ4v) is 1.94. The molecular formula is C15H21ClN2O4. The summed E-state index contributed by atoms with van der Waals surface area (Å²) < 4.78 is 5.51. The molecule has 1 unspecified atom stereocenters. The molecule has 0 saturated carbocycles. The number of hydrogen-bond donors (Lipinski definition) is 2. The Labute approximate surface area is 135 Å². The van der Waals surface area contributed by atoms with Crippen LogP contribution in [0.25, 0.3) is 0 Å². The van der Waals surface area contributed by atoms with E-state index in [1.165, 1.54) is 11.9 Å². The quantitative estimate of drug-likeness (QED) is 0.839. The molecule has 0 saturated heterocycles. The highest BCUT2D eigenvalue weighted by atomic mass is 35.5. The number of carbonyl (C=O) groups excluding carboxylic acids is 1. The number of amides is 2. The van der Waals surface area contributed by atoms with E-state index in [0.717, 1.165) is 0 Å². The number of urea groups is 1. The molecule has 6 nitrogen and oxygen atoms in total. The monoisotopic (exact) mass is 328 g/mol. The van der Waals surface area contributed by atoms with Crippen LogP contribution in [0.2, 0.25) is 5.02 Å². The molecule has 2 N–H and O–H groups in total. The van der Waals surface area contributed by atoms with Crippen LogP contribution in [0.15, 0.2) is 18.2 Å². The molecule has 122 valence electrons. The van der Waals surface area contributed by atoms with Crippen LogP contribution in [0.1, 0.15) is 20.8 Å². The van der Waals surface area contributed by atoms with E-state index < -0.39 is 17.9 Å². The summed E-state index contributed by atoms with van der Waals surface area (Å²) in [4.78, 5) is 24.1. The summed E-state index contributed by atoms with van der Waals surface area (Å²) in [5, 5.41) is 11.9. The van der Waals surface area contributed by atoms with Crippen LogP contribution >= 0.6 is 11.6 Å². The third-order valence-electron chi connectivity index (χ3n) is 2.86. The van der Waals surface area contributed by atoms with Crippen LogP contribution in [-0.2, 0) is 4.79 Å². The summed E-state index contributed by atoms with van der Waals surface area (Å²) in [5.74, 6) is -1.04. The number of benzene rings is 1. The highest BCUT2D eigenvalue weighted by molar-refractivity contribution is 6.32. The van der Waals surface area contributed by atoms with Gasteiger partial charge in [0.05, 0.1) is 17.0 Å². The third kappa shape index (κ3) is 5.44. The van der Waals surface area contributed by atoms with Crippen molar-refractivity contribution in [1.29, 1.82) is 0 Å². The SMILES string of the molecule is CC(C)Oc1ccc(NC(=O)N(C)CC(C)C(=O)O)cc1Cl. The van der Waals surface area contributed by atoms with Gasteiger partial charge in [0, 0.05) is 19.3 Å². The molecule has 0 spiro atoms. The molecule has 1 aromatic rings. The van der Waals surface area contributed by atoms with Crippen LogP contribution in [0, 0.1) is 5.92 Å². The highest BCUT2D eigenvalue weighted by Gasteiger charge is 2.17. The predicted molar refractivity (Wildman–Crippen MR) is 85.7 cm³/mol. The minimum Gasteiger partial charge on any atom is -0.489 e. The van der Waals surface area contributed by atoms with Crippen LogP contribution < -0.4 is 10.1 Å². The number of anilines is 1. The maximum atomic E-state index is 12.0. The molecule has 1 atom stereocenters. The normalized spacial score (nSPS) is 11.9. The predicted octanol–water partition coefficient (Wildman–Crippen LogP) is 3.31. The number of halogens is 1. The molecule has 0 heterocycles. The molecule has 0 aromatic heterocycles. The summed E-state index contributed by atoms with van der Waals surface area (Å²) in [7, 11) is 1.53. The van der Waals surface area contributed by atoms with Gasteiger partial charge >= 0.3 is 12.0 Å². The average molecular weight is 329 g/mol. The van der Waals surface area contributed by atoms with E-state index in [1.54, 1.807) is 25.1 Å². The van der Waals surface area contributed by atoms with Gasteiger partial charge in [0.15, 0.2) is 0 Å². The first kappa shape index (κ1) is 18.1. The zero-order valence-electron chi connectivity index (χ0n) is 13.1. The van der Waals surface area contributed by atoms with Crippen molar-refractivity contribution in [1.82, 2.24) is 4.90 Å². The van der Waals surface area contributed by atoms with E-state index in [4.69, 9.17) is 21.4 Å². The lowest BCUT2D eigenvalue weighted by atomic mass is 10.2. The second kappa shape index (κ2) is 7.89. The average Bonchev–Trinajstić information content (AvgIpc) is 2.41. The number of ether oxygens (including phenoxy) is 1. The van der Waals surface area contributed by atoms with Gasteiger partial charge in [-0.1, -0.05) is 18.5 Å². The molecule has 1 rings (SSSR count). The van der Waals surface area contributed by atoms with Gasteiger partial charge in [-0.15, -0.1) is 0 Å². The Kier molecular flexibility index (Phi) is 6.49. The number of aliphatic carboxylic acids is 1. The number of nitrogens with one attached hydrogen (secondary N) is 1. The first-order chi connectivity index (χ1) is 10.2. The third-order valence-corrected chi connectivity index (χ3v) is 3.16. The molecule has 7 heteroatoms. The van der Waals surface area contributed by atoms with Crippen molar-refractivity contribution in [2.75, 3.05) is 18.9 Å². The van der Waals surface area contributed by atoms with Crippen LogP contribution in [0.3, 0.4) is 0 Å². The zero-order valence-corrected chi connectivity index (χ0v) is 13.8. The second-order valence-corrected chi connectivity index (χ2v) is 5.77. The number of nitrogens with zero attached hydrogens (tertiary/aromatic N) is 1. The first-order valence-electron chi connectivity index (χ1n) is 6.91. The van der Waals surface area contributed by atoms with E-state index in [-0.39, 0.29) is 12.6 Å². The fourth-order valence-electron chi connectivity index (χ4n) is 1.72. The van der Waals surface area contributed by atoms with Gasteiger partial charge in [-0.2, -0.15) is 0 Å². The molecule has 2 amide bonds. The molecule has 0 fully saturated rings. The number of carboxylic acid groups (broad SMARTS) is 1. The summed E-state index contributed by atoms with van der Waals surface area (Å²) in [6.07, 6.45) is 0.00146. The van der Waals surface area contributed by atoms with Crippen LogP contribution in [0.5, 0.6) is 5.75 Å². The van der Waals surface area contributed by atoms with Gasteiger partial charge in [0.2, 0.25) is 0 Å². The van der Waals surface area contributed by atoms with Gasteiger partial charge in [-0.05, 0) is 32.0 Å². The maximum absolute atomic E-state index is 12.0. The van der Waals surface area contributed by atoms with E-state index in [2.05, 4.69) is 5.32 Å². The number of hydrogen-bond acceptors (Lipinski definition) is 3. The Balaban J connectivity index is 2.68. The molecule has 0 aliphatic rings. The van der Waals surface area contributed by atoms with Crippen molar-refractivity contribution >= 4 is 29.3 Å². The van der Waals surface area contributed by atoms with Gasteiger partial charge in [0.25, 0.3) is 0 Å². The van der Waals surface area contributed by atoms with Crippen LogP contribution in [-0.4, -0.2) is 41.7 Å². The van der Waals surface area contributed by atoms with Crippen molar-refractivity contribution in [2.45, 2.75) is 26.9 Å². The van der Waals surface area contributed by atoms with Crippen molar-refractivity contribution < 1.29 is 19.4 Å². The molecule has 0 radical (unpaired) electrons. The van der Waals surface area contributed by atoms with E-state index >= 15 is 0 Å². The lowest BCUT2D eigenvalue weighted by Crippen LogP contribution is -2.36. The Morgan fingerprint density at radius 2 is 2.00 bits per heavy atom. The standard InChI is InChI=1S/C15H21ClN2O4/c1-9(2)22-13-6-5-11(7-12(13)16)17-15(21)18(4)8-10(3)14(19)20/h5-7,9-10H,8H2,1-4H3,(H,17,21)(H,19,20). The number of carboxylic acids is 1. The minimum atomic E-state index is -0.946. The van der Waals surface area contributed by atoms with Gasteiger partial charge < -0.3 is 20.1 Å². The zero-order chi connectivity index (χ0) is 16.9. The summed E-state index contributed by atoms with van der Waals surface area (Å²) >= 11 is 6.09. The molecule has 0 bridgehead atoms. The Bertz CT molecular complexity index is 548. The summed E-state index contributed by atoms with van der Waals surface area (Å²) in [5.41, 5.74) is 0.515. The van der Waals surface area contributed by atoms with Crippen LogP contribution in [0.4, 0.5) is 10.5 Å². The molecule has 0 aliphatic heterocycles. The Morgan fingerprint density at radius 3 is 2.50 bits per heavy atom. The van der Waals surface area contributed by atoms with Crippen molar-refractivity contribution in [3.8, 4) is 5.75 Å². The Morgan fingerprint density at radius 1 is 1.36 bits per heavy atom. The minimum absolute atomic E-state index is 0.00146. The molecular weight excluding hydrogens is 308 g/mol. The van der Waals surface area contributed by atoms with Gasteiger partial charge in [0.1, 0.15) is 5.75 Å². The van der Waals surface area contributed by atoms with E-state index in [0.29, 0.717) is 16.5 Å². The smallest absolute Gasteiger partial charge is 0.321 e. The number of rotatable bonds is 6. The molecule has 22 heavy (non-hydrogen) atoms. The maximum Gasteiger partial charge on any atom is 0.321 e. The topological polar surface area (TPSA) is 78.9 Å². The highest BCUT2D eigenvalue weighted by Crippen LogP contribution is 2.28.